The van der Waals surface area contributed by atoms with Crippen LogP contribution in [0.4, 0.5) is 0 Å². The third kappa shape index (κ3) is 0.432. The molecule has 1 rings (SSSR count). The first-order valence-electron chi connectivity index (χ1n) is 2.38. The topological polar surface area (TPSA) is 26.0 Å². The second kappa shape index (κ2) is 0.784. The lowest BCUT2D eigenvalue weighted by molar-refractivity contribution is 0.618. The van der Waals surface area contributed by atoms with Crippen molar-refractivity contribution in [1.29, 1.82) is 0 Å². The van der Waals surface area contributed by atoms with Gasteiger partial charge in [-0.05, 0) is 11.8 Å². The van der Waals surface area contributed by atoms with Crippen LogP contribution >= 0.6 is 0 Å². The van der Waals surface area contributed by atoms with Crippen molar-refractivity contribution < 1.29 is 0 Å². The second-order valence-corrected chi connectivity index (χ2v) is 2.80. The van der Waals surface area contributed by atoms with Crippen molar-refractivity contribution in [1.82, 2.24) is 0 Å². The highest BCUT2D eigenvalue weighted by Gasteiger charge is 2.42. The monoisotopic (exact) mass is 85.1 g/mol. The summed E-state index contributed by atoms with van der Waals surface area (Å²) in [6, 6.07) is 0.498. The maximum Gasteiger partial charge on any atom is 0.00965 e. The van der Waals surface area contributed by atoms with E-state index in [1.54, 1.807) is 0 Å². The SMILES string of the molecule is CC1(C)CC1N. The number of rotatable bonds is 0. The van der Waals surface area contributed by atoms with Crippen LogP contribution in [0.1, 0.15) is 20.3 Å². The minimum absolute atomic E-state index is 0.486. The molecule has 1 saturated carbocycles. The van der Waals surface area contributed by atoms with Gasteiger partial charge in [0.25, 0.3) is 0 Å². The van der Waals surface area contributed by atoms with Crippen LogP contribution < -0.4 is 5.73 Å². The second-order valence-electron chi connectivity index (χ2n) is 2.80. The highest BCUT2D eigenvalue weighted by Crippen LogP contribution is 2.42. The van der Waals surface area contributed by atoms with Crippen LogP contribution in [-0.2, 0) is 0 Å². The van der Waals surface area contributed by atoms with Crippen LogP contribution in [0.5, 0.6) is 0 Å². The summed E-state index contributed by atoms with van der Waals surface area (Å²) in [4.78, 5) is 0. The summed E-state index contributed by atoms with van der Waals surface area (Å²) >= 11 is 0. The van der Waals surface area contributed by atoms with Crippen molar-refractivity contribution in [3.8, 4) is 0 Å². The molecular formula is C5H11N. The first-order chi connectivity index (χ1) is 2.63. The van der Waals surface area contributed by atoms with Gasteiger partial charge in [0.15, 0.2) is 0 Å². The molecule has 1 unspecified atom stereocenters. The normalized spacial score (nSPS) is 39.5. The zero-order chi connectivity index (χ0) is 4.78. The Bertz CT molecular complexity index is 66.3. The average Bonchev–Trinajstić information content (AvgIpc) is 1.73. The van der Waals surface area contributed by atoms with Crippen molar-refractivity contribution in [3.63, 3.8) is 0 Å². The zero-order valence-electron chi connectivity index (χ0n) is 4.36. The van der Waals surface area contributed by atoms with Gasteiger partial charge in [-0.1, -0.05) is 13.8 Å². The van der Waals surface area contributed by atoms with Crippen molar-refractivity contribution in [2.75, 3.05) is 0 Å². The van der Waals surface area contributed by atoms with E-state index in [0.717, 1.165) is 0 Å². The molecule has 0 amide bonds. The van der Waals surface area contributed by atoms with Crippen molar-refractivity contribution >= 4 is 0 Å². The standard InChI is InChI=1S/C5H11N/c1-5(2)3-4(5)6/h4H,3,6H2,1-2H3. The molecule has 0 radical (unpaired) electrons. The van der Waals surface area contributed by atoms with Crippen molar-refractivity contribution in [2.45, 2.75) is 26.3 Å². The third-order valence-electron chi connectivity index (χ3n) is 1.59. The van der Waals surface area contributed by atoms with Crippen molar-refractivity contribution in [3.05, 3.63) is 0 Å². The molecule has 1 heteroatoms. The van der Waals surface area contributed by atoms with Gasteiger partial charge >= 0.3 is 0 Å². The van der Waals surface area contributed by atoms with Gasteiger partial charge in [-0.3, -0.25) is 0 Å². The first kappa shape index (κ1) is 4.13. The summed E-state index contributed by atoms with van der Waals surface area (Å²) in [5.74, 6) is 0. The van der Waals surface area contributed by atoms with Gasteiger partial charge in [0, 0.05) is 6.04 Å². The lowest BCUT2D eigenvalue weighted by Crippen LogP contribution is -2.05. The molecular weight excluding hydrogens is 74.1 g/mol. The maximum atomic E-state index is 5.50. The summed E-state index contributed by atoms with van der Waals surface area (Å²) in [5, 5.41) is 0. The largest absolute Gasteiger partial charge is 0.327 e. The molecule has 2 N–H and O–H groups in total. The Morgan fingerprint density at radius 1 is 1.67 bits per heavy atom. The molecule has 0 bridgehead atoms. The number of nitrogens with two attached hydrogens (primary N) is 1. The van der Waals surface area contributed by atoms with Gasteiger partial charge in [0.05, 0.1) is 0 Å². The van der Waals surface area contributed by atoms with E-state index in [1.165, 1.54) is 6.42 Å². The van der Waals surface area contributed by atoms with Gasteiger partial charge < -0.3 is 5.73 Å². The molecule has 1 aliphatic carbocycles. The Hall–Kier alpha value is -0.0400. The van der Waals surface area contributed by atoms with E-state index in [2.05, 4.69) is 13.8 Å². The highest BCUT2D eigenvalue weighted by molar-refractivity contribution is 4.98. The van der Waals surface area contributed by atoms with Crippen LogP contribution in [0.3, 0.4) is 0 Å². The molecule has 0 aliphatic heterocycles. The lowest BCUT2D eigenvalue weighted by Gasteiger charge is -1.91. The number of hydrogen-bond acceptors (Lipinski definition) is 1. The van der Waals surface area contributed by atoms with Crippen LogP contribution in [0, 0.1) is 5.41 Å². The van der Waals surface area contributed by atoms with Gasteiger partial charge in [-0.2, -0.15) is 0 Å². The summed E-state index contributed by atoms with van der Waals surface area (Å²) in [6.45, 7) is 4.38. The van der Waals surface area contributed by atoms with Crippen LogP contribution in [0.2, 0.25) is 0 Å². The van der Waals surface area contributed by atoms with E-state index in [9.17, 15) is 0 Å². The molecule has 1 nitrogen and oxygen atoms in total. The molecule has 1 fully saturated rings. The average molecular weight is 85.2 g/mol. The lowest BCUT2D eigenvalue weighted by atomic mass is 10.2. The van der Waals surface area contributed by atoms with E-state index in [4.69, 9.17) is 5.73 Å². The fraction of sp³-hybridized carbons (Fsp3) is 1.00. The van der Waals surface area contributed by atoms with E-state index >= 15 is 0 Å². The van der Waals surface area contributed by atoms with E-state index < -0.39 is 0 Å². The van der Waals surface area contributed by atoms with Crippen LogP contribution in [0.25, 0.3) is 0 Å². The fourth-order valence-electron chi connectivity index (χ4n) is 0.508. The van der Waals surface area contributed by atoms with Crippen LogP contribution in [0.15, 0.2) is 0 Å². The minimum Gasteiger partial charge on any atom is -0.327 e. The molecule has 36 valence electrons. The molecule has 0 aromatic carbocycles. The molecule has 1 aliphatic rings. The Morgan fingerprint density at radius 2 is 1.83 bits per heavy atom. The van der Waals surface area contributed by atoms with Crippen LogP contribution in [-0.4, -0.2) is 6.04 Å². The molecule has 0 saturated heterocycles. The fourth-order valence-corrected chi connectivity index (χ4v) is 0.508. The van der Waals surface area contributed by atoms with Gasteiger partial charge in [-0.15, -0.1) is 0 Å². The summed E-state index contributed by atoms with van der Waals surface area (Å²) in [7, 11) is 0. The molecule has 0 aromatic rings. The molecule has 0 aromatic heterocycles. The summed E-state index contributed by atoms with van der Waals surface area (Å²) < 4.78 is 0. The molecule has 1 atom stereocenters. The summed E-state index contributed by atoms with van der Waals surface area (Å²) in [6.07, 6.45) is 1.22. The van der Waals surface area contributed by atoms with E-state index in [0.29, 0.717) is 11.5 Å². The van der Waals surface area contributed by atoms with Gasteiger partial charge in [-0.25, -0.2) is 0 Å². The predicted octanol–water partition coefficient (Wildman–Crippen LogP) is 0.744. The molecule has 0 heterocycles. The Morgan fingerprint density at radius 3 is 1.83 bits per heavy atom. The molecule has 6 heavy (non-hydrogen) atoms. The molecule has 0 spiro atoms. The number of hydrogen-bond donors (Lipinski definition) is 1. The predicted molar refractivity (Wildman–Crippen MR) is 26.4 cm³/mol. The van der Waals surface area contributed by atoms with Gasteiger partial charge in [0.1, 0.15) is 0 Å². The Kier molecular flexibility index (Phi) is 0.539. The maximum absolute atomic E-state index is 5.50. The summed E-state index contributed by atoms with van der Waals surface area (Å²) in [5.41, 5.74) is 5.99. The minimum atomic E-state index is 0.486. The first-order valence-corrected chi connectivity index (χ1v) is 2.38. The van der Waals surface area contributed by atoms with E-state index in [1.807, 2.05) is 0 Å². The smallest absolute Gasteiger partial charge is 0.00965 e. The third-order valence-corrected chi connectivity index (χ3v) is 1.59. The zero-order valence-corrected chi connectivity index (χ0v) is 4.36. The van der Waals surface area contributed by atoms with Crippen molar-refractivity contribution in [2.24, 2.45) is 11.1 Å². The van der Waals surface area contributed by atoms with E-state index in [-0.39, 0.29) is 0 Å². The Balaban J connectivity index is 2.41. The Labute approximate surface area is 38.5 Å². The quantitative estimate of drug-likeness (QED) is 0.461. The highest BCUT2D eigenvalue weighted by atomic mass is 14.8. The van der Waals surface area contributed by atoms with Gasteiger partial charge in [0.2, 0.25) is 0 Å².